The number of hydrogen-bond acceptors (Lipinski definition) is 3. The van der Waals surface area contributed by atoms with E-state index in [9.17, 15) is 9.18 Å². The van der Waals surface area contributed by atoms with Gasteiger partial charge in [-0.3, -0.25) is 0 Å². The van der Waals surface area contributed by atoms with E-state index < -0.39 is 6.04 Å². The summed E-state index contributed by atoms with van der Waals surface area (Å²) in [6.45, 7) is 1.30. The number of nitrogens with zero attached hydrogens (tertiary/aromatic N) is 3. The Morgan fingerprint density at radius 1 is 1.59 bits per heavy atom. The van der Waals surface area contributed by atoms with Crippen LogP contribution in [0.15, 0.2) is 36.7 Å². The molecule has 0 bridgehead atoms. The van der Waals surface area contributed by atoms with Gasteiger partial charge in [0.05, 0.1) is 12.6 Å². The Hall–Kier alpha value is -2.85. The first-order valence-corrected chi connectivity index (χ1v) is 8.91. The molecule has 1 N–H and O–H groups in total. The lowest BCUT2D eigenvalue weighted by molar-refractivity contribution is 0.0842. The predicted octanol–water partition coefficient (Wildman–Crippen LogP) is 2.47. The Morgan fingerprint density at radius 2 is 2.44 bits per heavy atom. The molecule has 1 aliphatic rings. The van der Waals surface area contributed by atoms with E-state index in [2.05, 4.69) is 16.2 Å². The molecule has 0 aliphatic carbocycles. The Balaban J connectivity index is 1.82. The molecule has 0 spiro atoms. The first-order chi connectivity index (χ1) is 13.1. The summed E-state index contributed by atoms with van der Waals surface area (Å²) < 4.78 is 21.2. The highest BCUT2D eigenvalue weighted by Crippen LogP contribution is 2.22. The summed E-state index contributed by atoms with van der Waals surface area (Å²) in [5.74, 6) is 2.75. The molecule has 27 heavy (non-hydrogen) atoms. The molecule has 3 rings (SSSR count). The molecular formula is C20H23FN4O2. The van der Waals surface area contributed by atoms with Gasteiger partial charge in [0.15, 0.2) is 0 Å². The maximum Gasteiger partial charge on any atom is 0.319 e. The molecule has 1 saturated heterocycles. The van der Waals surface area contributed by atoms with Crippen LogP contribution >= 0.6 is 0 Å². The molecule has 1 aliphatic heterocycles. The number of nitrogens with one attached hydrogen (secondary N) is 1. The SMILES string of the molecule is C#CCN(CC1CCCO1)C(=O)NC(c1cccc(F)c1)c1nccn1C. The van der Waals surface area contributed by atoms with Crippen LogP contribution in [0.25, 0.3) is 0 Å². The number of imidazole rings is 1. The number of carbonyl (C=O) groups is 1. The van der Waals surface area contributed by atoms with Crippen molar-refractivity contribution in [3.8, 4) is 12.3 Å². The third-order valence-electron chi connectivity index (χ3n) is 4.58. The number of terminal acetylenes is 1. The van der Waals surface area contributed by atoms with Gasteiger partial charge in [0.2, 0.25) is 0 Å². The van der Waals surface area contributed by atoms with E-state index in [4.69, 9.17) is 11.2 Å². The second-order valence-corrected chi connectivity index (χ2v) is 6.55. The third kappa shape index (κ3) is 4.66. The van der Waals surface area contributed by atoms with Crippen LogP contribution in [0, 0.1) is 18.2 Å². The van der Waals surface area contributed by atoms with Crippen LogP contribution in [0.1, 0.15) is 30.3 Å². The lowest BCUT2D eigenvalue weighted by Crippen LogP contribution is -2.45. The van der Waals surface area contributed by atoms with Crippen molar-refractivity contribution < 1.29 is 13.9 Å². The maximum absolute atomic E-state index is 13.8. The lowest BCUT2D eigenvalue weighted by Gasteiger charge is -2.27. The minimum Gasteiger partial charge on any atom is -0.376 e. The Bertz CT molecular complexity index is 823. The molecule has 6 nitrogen and oxygen atoms in total. The lowest BCUT2D eigenvalue weighted by atomic mass is 10.1. The molecule has 7 heteroatoms. The number of halogens is 1. The van der Waals surface area contributed by atoms with Crippen LogP contribution < -0.4 is 5.32 Å². The molecule has 0 saturated carbocycles. The molecule has 2 atom stereocenters. The zero-order valence-electron chi connectivity index (χ0n) is 15.3. The normalized spacial score (nSPS) is 17.3. The number of amides is 2. The van der Waals surface area contributed by atoms with Gasteiger partial charge in [0, 0.05) is 32.6 Å². The van der Waals surface area contributed by atoms with Gasteiger partial charge in [0.1, 0.15) is 17.7 Å². The van der Waals surface area contributed by atoms with Crippen molar-refractivity contribution in [1.82, 2.24) is 19.8 Å². The van der Waals surface area contributed by atoms with Crippen molar-refractivity contribution in [2.45, 2.75) is 25.0 Å². The number of aryl methyl sites for hydroxylation is 1. The molecule has 142 valence electrons. The van der Waals surface area contributed by atoms with Gasteiger partial charge >= 0.3 is 6.03 Å². The van der Waals surface area contributed by atoms with Gasteiger partial charge < -0.3 is 19.5 Å². The van der Waals surface area contributed by atoms with E-state index >= 15 is 0 Å². The number of aromatic nitrogens is 2. The van der Waals surface area contributed by atoms with Crippen LogP contribution in [0.2, 0.25) is 0 Å². The van der Waals surface area contributed by atoms with E-state index in [1.54, 1.807) is 34.0 Å². The summed E-state index contributed by atoms with van der Waals surface area (Å²) in [4.78, 5) is 18.8. The Labute approximate surface area is 158 Å². The summed E-state index contributed by atoms with van der Waals surface area (Å²) in [6.07, 6.45) is 10.7. The smallest absolute Gasteiger partial charge is 0.319 e. The highest BCUT2D eigenvalue weighted by Gasteiger charge is 2.26. The van der Waals surface area contributed by atoms with Gasteiger partial charge in [-0.05, 0) is 30.5 Å². The summed E-state index contributed by atoms with van der Waals surface area (Å²) in [5.41, 5.74) is 0.607. The largest absolute Gasteiger partial charge is 0.376 e. The van der Waals surface area contributed by atoms with Gasteiger partial charge in [0.25, 0.3) is 0 Å². The number of carbonyl (C=O) groups excluding carboxylic acids is 1. The summed E-state index contributed by atoms with van der Waals surface area (Å²) >= 11 is 0. The zero-order valence-corrected chi connectivity index (χ0v) is 15.3. The molecular weight excluding hydrogens is 347 g/mol. The Kier molecular flexibility index (Phi) is 6.09. The van der Waals surface area contributed by atoms with Crippen molar-refractivity contribution >= 4 is 6.03 Å². The van der Waals surface area contributed by atoms with Crippen molar-refractivity contribution in [2.24, 2.45) is 7.05 Å². The van der Waals surface area contributed by atoms with Crippen molar-refractivity contribution in [2.75, 3.05) is 19.7 Å². The number of ether oxygens (including phenoxy) is 1. The second-order valence-electron chi connectivity index (χ2n) is 6.55. The minimum absolute atomic E-state index is 0.00937. The molecule has 2 aromatic rings. The fourth-order valence-corrected chi connectivity index (χ4v) is 3.22. The molecule has 2 heterocycles. The Morgan fingerprint density at radius 3 is 3.07 bits per heavy atom. The van der Waals surface area contributed by atoms with Crippen molar-refractivity contribution in [1.29, 1.82) is 0 Å². The number of rotatable bonds is 6. The van der Waals surface area contributed by atoms with E-state index in [0.717, 1.165) is 12.8 Å². The number of hydrogen-bond donors (Lipinski definition) is 1. The first-order valence-electron chi connectivity index (χ1n) is 8.91. The van der Waals surface area contributed by atoms with Crippen molar-refractivity contribution in [3.63, 3.8) is 0 Å². The zero-order chi connectivity index (χ0) is 19.2. The summed E-state index contributed by atoms with van der Waals surface area (Å²) in [5, 5.41) is 2.95. The molecule has 2 unspecified atom stereocenters. The highest BCUT2D eigenvalue weighted by molar-refractivity contribution is 5.75. The fourth-order valence-electron chi connectivity index (χ4n) is 3.22. The number of urea groups is 1. The van der Waals surface area contributed by atoms with Crippen molar-refractivity contribution in [3.05, 3.63) is 53.9 Å². The number of benzene rings is 1. The molecule has 1 aromatic heterocycles. The van der Waals surface area contributed by atoms with Gasteiger partial charge in [-0.15, -0.1) is 6.42 Å². The maximum atomic E-state index is 13.8. The van der Waals surface area contributed by atoms with Gasteiger partial charge in [-0.2, -0.15) is 0 Å². The summed E-state index contributed by atoms with van der Waals surface area (Å²) in [6, 6.07) is 5.19. The molecule has 2 amide bonds. The van der Waals surface area contributed by atoms with Gasteiger partial charge in [-0.25, -0.2) is 14.2 Å². The average molecular weight is 370 g/mol. The van der Waals surface area contributed by atoms with Crippen LogP contribution in [-0.4, -0.2) is 46.3 Å². The fraction of sp³-hybridized carbons (Fsp3) is 0.400. The highest BCUT2D eigenvalue weighted by atomic mass is 19.1. The van der Waals surface area contributed by atoms with Crippen LogP contribution in [0.4, 0.5) is 9.18 Å². The van der Waals surface area contributed by atoms with E-state index in [1.165, 1.54) is 12.1 Å². The van der Waals surface area contributed by atoms with Gasteiger partial charge in [-0.1, -0.05) is 18.1 Å². The van der Waals surface area contributed by atoms with Crippen LogP contribution in [0.3, 0.4) is 0 Å². The first kappa shape index (κ1) is 18.9. The second kappa shape index (κ2) is 8.69. The molecule has 1 aromatic carbocycles. The third-order valence-corrected chi connectivity index (χ3v) is 4.58. The molecule has 1 fully saturated rings. The average Bonchev–Trinajstić information content (AvgIpc) is 3.31. The minimum atomic E-state index is -0.599. The summed E-state index contributed by atoms with van der Waals surface area (Å²) in [7, 11) is 1.83. The topological polar surface area (TPSA) is 59.4 Å². The molecule has 0 radical (unpaired) electrons. The predicted molar refractivity (Wildman–Crippen MR) is 99.4 cm³/mol. The van der Waals surface area contributed by atoms with E-state index in [-0.39, 0.29) is 24.5 Å². The van der Waals surface area contributed by atoms with E-state index in [1.807, 2.05) is 7.05 Å². The monoisotopic (exact) mass is 370 g/mol. The standard InChI is InChI=1S/C20H23FN4O2/c1-3-10-25(14-17-8-5-12-27-17)20(26)23-18(19-22-9-11-24(19)2)15-6-4-7-16(21)13-15/h1,4,6-7,9,11,13,17-18H,5,8,10,12,14H2,2H3,(H,23,26). The van der Waals surface area contributed by atoms with Crippen LogP contribution in [0.5, 0.6) is 0 Å². The van der Waals surface area contributed by atoms with E-state index in [0.29, 0.717) is 24.5 Å². The van der Waals surface area contributed by atoms with Crippen LogP contribution in [-0.2, 0) is 11.8 Å². The quantitative estimate of drug-likeness (QED) is 0.795.